The van der Waals surface area contributed by atoms with Crippen LogP contribution in [0.15, 0.2) is 156 Å². The SMILES string of the molecule is Cc1cc(N(c2cccc(-c3cc4ccccc4s3)c2)c2ccc(C(C)(C)C)cc2-c2ccccc2)c(Cl)c(N(c2c(C)cc(C(C)(C)C)cc2C)c2coc3ccc(C(C)(C)C)cc23)c1. The van der Waals surface area contributed by atoms with Crippen molar-refractivity contribution in [1.82, 2.24) is 0 Å². The van der Waals surface area contributed by atoms with E-state index < -0.39 is 0 Å². The molecule has 0 unspecified atom stereocenters. The van der Waals surface area contributed by atoms with Crippen LogP contribution in [0.1, 0.15) is 95.7 Å². The van der Waals surface area contributed by atoms with Crippen LogP contribution in [0.25, 0.3) is 42.6 Å². The predicted octanol–water partition coefficient (Wildman–Crippen LogP) is 19.4. The smallest absolute Gasteiger partial charge is 0.136 e. The van der Waals surface area contributed by atoms with Gasteiger partial charge in [0.1, 0.15) is 11.8 Å². The molecule has 66 heavy (non-hydrogen) atoms. The summed E-state index contributed by atoms with van der Waals surface area (Å²) in [5, 5.41) is 2.92. The molecular formula is C61H61ClN2OS. The fourth-order valence-corrected chi connectivity index (χ4v) is 10.5. The third kappa shape index (κ3) is 8.58. The van der Waals surface area contributed by atoms with Crippen LogP contribution in [-0.4, -0.2) is 0 Å². The fraction of sp³-hybridized carbons (Fsp3) is 0.246. The summed E-state index contributed by atoms with van der Waals surface area (Å²) < 4.78 is 7.74. The Kier molecular flexibility index (Phi) is 11.6. The number of rotatable bonds is 8. The van der Waals surface area contributed by atoms with Crippen LogP contribution in [0.2, 0.25) is 5.02 Å². The highest BCUT2D eigenvalue weighted by Gasteiger charge is 2.30. The van der Waals surface area contributed by atoms with Gasteiger partial charge in [-0.25, -0.2) is 0 Å². The Morgan fingerprint density at radius 3 is 1.77 bits per heavy atom. The molecule has 0 spiro atoms. The second kappa shape index (κ2) is 17.0. The minimum absolute atomic E-state index is 0.0269. The quantitative estimate of drug-likeness (QED) is 0.151. The molecule has 0 saturated carbocycles. The molecule has 0 fully saturated rings. The minimum Gasteiger partial charge on any atom is -0.462 e. The van der Waals surface area contributed by atoms with Gasteiger partial charge in [0.05, 0.1) is 33.5 Å². The second-order valence-electron chi connectivity index (χ2n) is 21.1. The number of nitrogens with zero attached hydrogens (tertiary/aromatic N) is 2. The van der Waals surface area contributed by atoms with Crippen LogP contribution >= 0.6 is 22.9 Å². The lowest BCUT2D eigenvalue weighted by Crippen LogP contribution is -2.18. The first kappa shape index (κ1) is 45.1. The van der Waals surface area contributed by atoms with Gasteiger partial charge in [-0.15, -0.1) is 11.3 Å². The van der Waals surface area contributed by atoms with E-state index in [0.717, 1.165) is 78.5 Å². The van der Waals surface area contributed by atoms with Crippen molar-refractivity contribution in [2.75, 3.05) is 9.80 Å². The Labute approximate surface area is 401 Å². The summed E-state index contributed by atoms with van der Waals surface area (Å²) in [4.78, 5) is 5.97. The van der Waals surface area contributed by atoms with Gasteiger partial charge in [0.15, 0.2) is 0 Å². The van der Waals surface area contributed by atoms with Crippen LogP contribution in [0.5, 0.6) is 0 Å². The molecule has 0 aliphatic heterocycles. The van der Waals surface area contributed by atoms with Gasteiger partial charge in [-0.05, 0) is 148 Å². The first-order valence-electron chi connectivity index (χ1n) is 23.1. The highest BCUT2D eigenvalue weighted by atomic mass is 35.5. The number of aryl methyl sites for hydroxylation is 3. The van der Waals surface area contributed by atoms with Crippen molar-refractivity contribution in [1.29, 1.82) is 0 Å². The highest BCUT2D eigenvalue weighted by Crippen LogP contribution is 2.53. The maximum absolute atomic E-state index is 8.20. The van der Waals surface area contributed by atoms with E-state index in [1.807, 2.05) is 17.6 Å². The Balaban J connectivity index is 1.35. The van der Waals surface area contributed by atoms with Gasteiger partial charge >= 0.3 is 0 Å². The normalized spacial score (nSPS) is 12.3. The number of furan rings is 1. The topological polar surface area (TPSA) is 19.6 Å². The van der Waals surface area contributed by atoms with E-state index in [0.29, 0.717) is 5.02 Å². The lowest BCUT2D eigenvalue weighted by molar-refractivity contribution is 0.589. The number of hydrogen-bond acceptors (Lipinski definition) is 4. The number of thiophene rings is 1. The van der Waals surface area contributed by atoms with Gasteiger partial charge in [0.2, 0.25) is 0 Å². The molecule has 7 aromatic carbocycles. The van der Waals surface area contributed by atoms with E-state index in [4.69, 9.17) is 16.0 Å². The highest BCUT2D eigenvalue weighted by molar-refractivity contribution is 7.22. The standard InChI is InChI=1S/C61H61ClN2OS/c1-38-29-51(57(62)52(30-38)64(58-39(2)31-46(32-40(58)3)61(10,11)12)53-37-65-54-28-26-45(36-49(53)54)60(7,8)9)63(47-23-18-22-42(33-47)56-34-43-21-16-17-24-55(43)66-56)50-27-25-44(59(4,5)6)35-48(50)41-19-14-13-15-20-41/h13-37H,1-12H3. The molecule has 2 aromatic heterocycles. The molecule has 0 N–H and O–H groups in total. The summed E-state index contributed by atoms with van der Waals surface area (Å²) >= 11 is 10.0. The maximum atomic E-state index is 8.20. The predicted molar refractivity (Wildman–Crippen MR) is 287 cm³/mol. The van der Waals surface area contributed by atoms with Crippen molar-refractivity contribution in [3.8, 4) is 21.6 Å². The van der Waals surface area contributed by atoms with Gasteiger partial charge in [0, 0.05) is 26.2 Å². The molecule has 9 aromatic rings. The third-order valence-corrected chi connectivity index (χ3v) is 14.5. The van der Waals surface area contributed by atoms with Crippen LogP contribution in [0, 0.1) is 20.8 Å². The van der Waals surface area contributed by atoms with E-state index >= 15 is 0 Å². The monoisotopic (exact) mass is 904 g/mol. The summed E-state index contributed by atoms with van der Waals surface area (Å²) in [6.07, 6.45) is 1.91. The summed E-state index contributed by atoms with van der Waals surface area (Å²) in [5.41, 5.74) is 17.1. The van der Waals surface area contributed by atoms with Crippen molar-refractivity contribution in [3.05, 3.63) is 190 Å². The molecule has 0 saturated heterocycles. The number of anilines is 6. The molecule has 0 aliphatic carbocycles. The Morgan fingerprint density at radius 1 is 0.500 bits per heavy atom. The zero-order chi connectivity index (χ0) is 46.9. The number of benzene rings is 7. The van der Waals surface area contributed by atoms with Crippen molar-refractivity contribution < 1.29 is 4.42 Å². The van der Waals surface area contributed by atoms with Crippen LogP contribution in [0.3, 0.4) is 0 Å². The minimum atomic E-state index is -0.0683. The second-order valence-corrected chi connectivity index (χ2v) is 22.6. The summed E-state index contributed by atoms with van der Waals surface area (Å²) in [6.45, 7) is 27.1. The number of hydrogen-bond donors (Lipinski definition) is 0. The first-order valence-corrected chi connectivity index (χ1v) is 24.3. The number of halogens is 1. The average molecular weight is 906 g/mol. The fourth-order valence-electron chi connectivity index (χ4n) is 9.20. The molecule has 0 aliphatic rings. The number of fused-ring (bicyclic) bond motifs is 2. The molecule has 334 valence electrons. The Hall–Kier alpha value is -6.07. The van der Waals surface area contributed by atoms with Crippen molar-refractivity contribution in [2.45, 2.75) is 99.3 Å². The molecule has 3 nitrogen and oxygen atoms in total. The molecule has 0 bridgehead atoms. The molecular weight excluding hydrogens is 844 g/mol. The van der Waals surface area contributed by atoms with E-state index in [9.17, 15) is 0 Å². The molecule has 9 rings (SSSR count). The largest absolute Gasteiger partial charge is 0.462 e. The summed E-state index contributed by atoms with van der Waals surface area (Å²) in [5.74, 6) is 0. The Morgan fingerprint density at radius 2 is 1.11 bits per heavy atom. The Bertz CT molecular complexity index is 3200. The lowest BCUT2D eigenvalue weighted by atomic mass is 9.84. The summed E-state index contributed by atoms with van der Waals surface area (Å²) in [6, 6.07) is 53.4. The summed E-state index contributed by atoms with van der Waals surface area (Å²) in [7, 11) is 0. The molecule has 0 atom stereocenters. The van der Waals surface area contributed by atoms with Crippen LogP contribution in [0.4, 0.5) is 34.1 Å². The molecule has 5 heteroatoms. The lowest BCUT2D eigenvalue weighted by Gasteiger charge is -2.34. The zero-order valence-corrected chi connectivity index (χ0v) is 42.1. The molecule has 2 heterocycles. The van der Waals surface area contributed by atoms with Gasteiger partial charge in [-0.1, -0.05) is 159 Å². The van der Waals surface area contributed by atoms with Gasteiger partial charge < -0.3 is 14.2 Å². The van der Waals surface area contributed by atoms with Crippen molar-refractivity contribution in [3.63, 3.8) is 0 Å². The molecule has 0 radical (unpaired) electrons. The van der Waals surface area contributed by atoms with Gasteiger partial charge in [0.25, 0.3) is 0 Å². The molecule has 0 amide bonds. The van der Waals surface area contributed by atoms with Crippen LogP contribution in [-0.2, 0) is 16.2 Å². The third-order valence-electron chi connectivity index (χ3n) is 12.9. The van der Waals surface area contributed by atoms with Crippen molar-refractivity contribution in [2.24, 2.45) is 0 Å². The van der Waals surface area contributed by atoms with E-state index in [1.165, 1.54) is 31.7 Å². The van der Waals surface area contributed by atoms with Crippen LogP contribution < -0.4 is 9.80 Å². The maximum Gasteiger partial charge on any atom is 0.136 e. The average Bonchev–Trinajstić information content (AvgIpc) is 3.90. The van der Waals surface area contributed by atoms with E-state index in [1.54, 1.807) is 0 Å². The first-order chi connectivity index (χ1) is 31.3. The van der Waals surface area contributed by atoms with Crippen molar-refractivity contribution >= 4 is 78.1 Å². The van der Waals surface area contributed by atoms with Gasteiger partial charge in [-0.2, -0.15) is 0 Å². The van der Waals surface area contributed by atoms with Gasteiger partial charge in [-0.3, -0.25) is 0 Å². The zero-order valence-electron chi connectivity index (χ0n) is 40.5. The van der Waals surface area contributed by atoms with E-state index in [2.05, 4.69) is 238 Å². The van der Waals surface area contributed by atoms with E-state index in [-0.39, 0.29) is 16.2 Å².